The Labute approximate surface area is 123 Å². The molecule has 0 aliphatic heterocycles. The zero-order valence-corrected chi connectivity index (χ0v) is 12.7. The van der Waals surface area contributed by atoms with Crippen molar-refractivity contribution in [1.82, 2.24) is 9.97 Å². The summed E-state index contributed by atoms with van der Waals surface area (Å²) in [4.78, 5) is 7.05. The van der Waals surface area contributed by atoms with Crippen molar-refractivity contribution in [2.75, 3.05) is 17.7 Å². The molecule has 0 amide bonds. The summed E-state index contributed by atoms with van der Waals surface area (Å²) in [6.07, 6.45) is 0.338. The van der Waals surface area contributed by atoms with E-state index in [1.807, 2.05) is 0 Å². The molecule has 4 nitrogen and oxygen atoms in total. The number of hydrogen-bond donors (Lipinski definition) is 2. The van der Waals surface area contributed by atoms with Gasteiger partial charge in [-0.25, -0.2) is 9.97 Å². The molecule has 1 heterocycles. The number of nitrogens with zero attached hydrogens (tertiary/aromatic N) is 2. The third-order valence-corrected chi connectivity index (χ3v) is 3.13. The van der Waals surface area contributed by atoms with Gasteiger partial charge in [-0.05, 0) is 12.8 Å². The Hall–Kier alpha value is -1.53. The molecule has 0 bridgehead atoms. The van der Waals surface area contributed by atoms with E-state index in [-0.39, 0.29) is 17.7 Å². The van der Waals surface area contributed by atoms with E-state index in [0.717, 1.165) is 32.1 Å². The van der Waals surface area contributed by atoms with Crippen LogP contribution in [-0.4, -0.2) is 23.1 Å². The molecule has 21 heavy (non-hydrogen) atoms. The van der Waals surface area contributed by atoms with Gasteiger partial charge in [-0.3, -0.25) is 0 Å². The standard InChI is InChI=1S/C14H23F3N4/c1-4-6-8-10(7-5-2)19-12-9-11(18-3)20-13(21-12)14(15,16)17/h9-10H,4-8H2,1-3H3,(H2,18,19,20,21). The van der Waals surface area contributed by atoms with E-state index in [1.165, 1.54) is 13.1 Å². The molecule has 0 fully saturated rings. The van der Waals surface area contributed by atoms with Crippen LogP contribution in [0.5, 0.6) is 0 Å². The van der Waals surface area contributed by atoms with Crippen molar-refractivity contribution in [1.29, 1.82) is 0 Å². The second-order valence-electron chi connectivity index (χ2n) is 4.98. The van der Waals surface area contributed by atoms with Gasteiger partial charge in [-0.2, -0.15) is 13.2 Å². The van der Waals surface area contributed by atoms with Crippen molar-refractivity contribution >= 4 is 11.6 Å². The Bertz CT molecular complexity index is 435. The van der Waals surface area contributed by atoms with Crippen molar-refractivity contribution < 1.29 is 13.2 Å². The highest BCUT2D eigenvalue weighted by Gasteiger charge is 2.35. The maximum Gasteiger partial charge on any atom is 0.451 e. The summed E-state index contributed by atoms with van der Waals surface area (Å²) in [6.45, 7) is 4.15. The monoisotopic (exact) mass is 304 g/mol. The molecule has 2 N–H and O–H groups in total. The van der Waals surface area contributed by atoms with Gasteiger partial charge in [0.1, 0.15) is 11.6 Å². The molecule has 0 spiro atoms. The third kappa shape index (κ3) is 5.77. The summed E-state index contributed by atoms with van der Waals surface area (Å²) in [5.74, 6) is -0.746. The van der Waals surface area contributed by atoms with E-state index in [1.54, 1.807) is 0 Å². The van der Waals surface area contributed by atoms with Crippen LogP contribution in [0, 0.1) is 0 Å². The van der Waals surface area contributed by atoms with E-state index < -0.39 is 12.0 Å². The Kier molecular flexibility index (Phi) is 6.71. The van der Waals surface area contributed by atoms with Gasteiger partial charge in [0.05, 0.1) is 0 Å². The quantitative estimate of drug-likeness (QED) is 0.751. The summed E-state index contributed by atoms with van der Waals surface area (Å²) < 4.78 is 38.4. The summed E-state index contributed by atoms with van der Waals surface area (Å²) in [7, 11) is 1.53. The Morgan fingerprint density at radius 1 is 1.10 bits per heavy atom. The van der Waals surface area contributed by atoms with Crippen LogP contribution >= 0.6 is 0 Å². The van der Waals surface area contributed by atoms with Crippen LogP contribution in [0.15, 0.2) is 6.07 Å². The molecule has 0 saturated carbocycles. The first-order valence-corrected chi connectivity index (χ1v) is 7.31. The van der Waals surface area contributed by atoms with Crippen molar-refractivity contribution in [2.45, 2.75) is 58.2 Å². The van der Waals surface area contributed by atoms with Crippen LogP contribution in [0.25, 0.3) is 0 Å². The average Bonchev–Trinajstić information content (AvgIpc) is 2.43. The first-order valence-electron chi connectivity index (χ1n) is 7.31. The smallest absolute Gasteiger partial charge is 0.373 e. The SMILES string of the molecule is CCCCC(CCC)Nc1cc(NC)nc(C(F)(F)F)n1. The molecule has 0 aliphatic carbocycles. The zero-order valence-electron chi connectivity index (χ0n) is 12.7. The molecule has 0 aromatic carbocycles. The van der Waals surface area contributed by atoms with Gasteiger partial charge in [-0.15, -0.1) is 0 Å². The highest BCUT2D eigenvalue weighted by molar-refractivity contribution is 5.48. The molecular weight excluding hydrogens is 281 g/mol. The van der Waals surface area contributed by atoms with Crippen LogP contribution < -0.4 is 10.6 Å². The minimum Gasteiger partial charge on any atom is -0.373 e. The number of rotatable bonds is 8. The second kappa shape index (κ2) is 8.05. The highest BCUT2D eigenvalue weighted by Crippen LogP contribution is 2.28. The molecular formula is C14H23F3N4. The number of anilines is 2. The van der Waals surface area contributed by atoms with Crippen LogP contribution in [0.2, 0.25) is 0 Å². The zero-order chi connectivity index (χ0) is 15.9. The summed E-state index contributed by atoms with van der Waals surface area (Å²) in [5.41, 5.74) is 0. The van der Waals surface area contributed by atoms with E-state index in [4.69, 9.17) is 0 Å². The van der Waals surface area contributed by atoms with Crippen molar-refractivity contribution in [3.63, 3.8) is 0 Å². The fourth-order valence-corrected chi connectivity index (χ4v) is 2.07. The molecule has 1 atom stereocenters. The van der Waals surface area contributed by atoms with Crippen LogP contribution in [0.3, 0.4) is 0 Å². The predicted molar refractivity (Wildman–Crippen MR) is 78.4 cm³/mol. The van der Waals surface area contributed by atoms with Gasteiger partial charge in [0.15, 0.2) is 0 Å². The molecule has 1 aromatic rings. The van der Waals surface area contributed by atoms with Gasteiger partial charge < -0.3 is 10.6 Å². The van der Waals surface area contributed by atoms with Crippen LogP contribution in [0.1, 0.15) is 51.8 Å². The molecule has 120 valence electrons. The van der Waals surface area contributed by atoms with Gasteiger partial charge in [0, 0.05) is 19.2 Å². The summed E-state index contributed by atoms with van der Waals surface area (Å²) >= 11 is 0. The lowest BCUT2D eigenvalue weighted by Crippen LogP contribution is -2.22. The summed E-state index contributed by atoms with van der Waals surface area (Å²) in [5, 5.41) is 5.75. The van der Waals surface area contributed by atoms with Crippen molar-refractivity contribution in [3.8, 4) is 0 Å². The number of unbranched alkanes of at least 4 members (excludes halogenated alkanes) is 1. The van der Waals surface area contributed by atoms with Crippen LogP contribution in [-0.2, 0) is 6.18 Å². The normalized spacial score (nSPS) is 13.0. The number of halogens is 3. The molecule has 1 aromatic heterocycles. The first-order chi connectivity index (χ1) is 9.90. The molecule has 0 radical (unpaired) electrons. The molecule has 1 rings (SSSR count). The second-order valence-corrected chi connectivity index (χ2v) is 4.98. The predicted octanol–water partition coefficient (Wildman–Crippen LogP) is 4.31. The lowest BCUT2D eigenvalue weighted by molar-refractivity contribution is -0.144. The largest absolute Gasteiger partial charge is 0.451 e. The maximum absolute atomic E-state index is 12.8. The van der Waals surface area contributed by atoms with Gasteiger partial charge in [0.2, 0.25) is 5.82 Å². The van der Waals surface area contributed by atoms with E-state index in [2.05, 4.69) is 34.4 Å². The third-order valence-electron chi connectivity index (χ3n) is 3.13. The Balaban J connectivity index is 2.94. The van der Waals surface area contributed by atoms with Gasteiger partial charge in [-0.1, -0.05) is 33.1 Å². The Morgan fingerprint density at radius 3 is 2.29 bits per heavy atom. The minimum atomic E-state index is -4.55. The topological polar surface area (TPSA) is 49.8 Å². The van der Waals surface area contributed by atoms with Crippen LogP contribution in [0.4, 0.5) is 24.8 Å². The first kappa shape index (κ1) is 17.5. The lowest BCUT2D eigenvalue weighted by Gasteiger charge is -2.19. The molecule has 0 aliphatic rings. The fraction of sp³-hybridized carbons (Fsp3) is 0.714. The molecule has 0 saturated heterocycles. The molecule has 1 unspecified atom stereocenters. The number of nitrogens with one attached hydrogen (secondary N) is 2. The van der Waals surface area contributed by atoms with Crippen molar-refractivity contribution in [2.24, 2.45) is 0 Å². The average molecular weight is 304 g/mol. The Morgan fingerprint density at radius 2 is 1.76 bits per heavy atom. The number of alkyl halides is 3. The highest BCUT2D eigenvalue weighted by atomic mass is 19.4. The van der Waals surface area contributed by atoms with Gasteiger partial charge >= 0.3 is 6.18 Å². The van der Waals surface area contributed by atoms with E-state index in [0.29, 0.717) is 0 Å². The fourth-order valence-electron chi connectivity index (χ4n) is 2.07. The number of aromatic nitrogens is 2. The maximum atomic E-state index is 12.8. The van der Waals surface area contributed by atoms with E-state index >= 15 is 0 Å². The van der Waals surface area contributed by atoms with Crippen molar-refractivity contribution in [3.05, 3.63) is 11.9 Å². The molecule has 7 heteroatoms. The number of hydrogen-bond acceptors (Lipinski definition) is 4. The summed E-state index contributed by atoms with van der Waals surface area (Å²) in [6, 6.07) is 1.64. The van der Waals surface area contributed by atoms with Gasteiger partial charge in [0.25, 0.3) is 0 Å². The lowest BCUT2D eigenvalue weighted by atomic mass is 10.1. The van der Waals surface area contributed by atoms with E-state index in [9.17, 15) is 13.2 Å². The minimum absolute atomic E-state index is 0.135.